The maximum Gasteiger partial charge on any atom is 0.227 e. The molecule has 0 spiro atoms. The van der Waals surface area contributed by atoms with Crippen LogP contribution in [-0.2, 0) is 9.53 Å². The van der Waals surface area contributed by atoms with Crippen LogP contribution < -0.4 is 5.73 Å². The molecule has 2 fully saturated rings. The third kappa shape index (κ3) is 2.99. The van der Waals surface area contributed by atoms with Gasteiger partial charge in [0.25, 0.3) is 0 Å². The summed E-state index contributed by atoms with van der Waals surface area (Å²) in [7, 11) is 1.73. The van der Waals surface area contributed by atoms with Crippen LogP contribution in [0.3, 0.4) is 0 Å². The lowest BCUT2D eigenvalue weighted by Gasteiger charge is -2.34. The van der Waals surface area contributed by atoms with Gasteiger partial charge >= 0.3 is 0 Å². The minimum Gasteiger partial charge on any atom is -0.384 e. The molecule has 0 aromatic heterocycles. The van der Waals surface area contributed by atoms with E-state index in [9.17, 15) is 4.79 Å². The molecule has 98 valence electrons. The minimum absolute atomic E-state index is 0.0799. The zero-order chi connectivity index (χ0) is 12.3. The van der Waals surface area contributed by atoms with E-state index in [-0.39, 0.29) is 17.9 Å². The van der Waals surface area contributed by atoms with E-state index in [1.807, 2.05) is 4.90 Å². The highest BCUT2D eigenvalue weighted by Crippen LogP contribution is 2.27. The van der Waals surface area contributed by atoms with Crippen molar-refractivity contribution in [3.8, 4) is 0 Å². The molecule has 1 aliphatic heterocycles. The largest absolute Gasteiger partial charge is 0.384 e. The second-order valence-corrected chi connectivity index (χ2v) is 5.45. The summed E-state index contributed by atoms with van der Waals surface area (Å²) in [5.41, 5.74) is 6.01. The van der Waals surface area contributed by atoms with Crippen molar-refractivity contribution in [3.63, 3.8) is 0 Å². The van der Waals surface area contributed by atoms with E-state index < -0.39 is 0 Å². The Balaban J connectivity index is 1.90. The Morgan fingerprint density at radius 1 is 1.35 bits per heavy atom. The van der Waals surface area contributed by atoms with E-state index in [1.54, 1.807) is 7.11 Å². The van der Waals surface area contributed by atoms with Crippen LogP contribution in [0.25, 0.3) is 0 Å². The third-order valence-electron chi connectivity index (χ3n) is 4.12. The third-order valence-corrected chi connectivity index (χ3v) is 4.12. The second kappa shape index (κ2) is 5.83. The van der Waals surface area contributed by atoms with E-state index >= 15 is 0 Å². The van der Waals surface area contributed by atoms with Crippen LogP contribution >= 0.6 is 0 Å². The summed E-state index contributed by atoms with van der Waals surface area (Å²) in [4.78, 5) is 14.4. The van der Waals surface area contributed by atoms with E-state index in [1.165, 1.54) is 6.42 Å². The fourth-order valence-electron chi connectivity index (χ4n) is 3.17. The van der Waals surface area contributed by atoms with Gasteiger partial charge in [0.1, 0.15) is 0 Å². The van der Waals surface area contributed by atoms with Crippen LogP contribution in [-0.4, -0.2) is 43.7 Å². The maximum atomic E-state index is 12.4. The molecule has 3 atom stereocenters. The van der Waals surface area contributed by atoms with Gasteiger partial charge in [-0.15, -0.1) is 0 Å². The molecular formula is C13H24N2O2. The number of nitrogens with zero attached hydrogens (tertiary/aromatic N) is 1. The summed E-state index contributed by atoms with van der Waals surface area (Å²) in [6.07, 6.45) is 5.36. The molecule has 0 radical (unpaired) electrons. The number of methoxy groups -OCH3 is 1. The Labute approximate surface area is 103 Å². The number of carbonyl (C=O) groups is 1. The van der Waals surface area contributed by atoms with E-state index in [4.69, 9.17) is 10.5 Å². The van der Waals surface area contributed by atoms with Crippen molar-refractivity contribution in [2.75, 3.05) is 26.8 Å². The Bertz CT molecular complexity index is 268. The highest BCUT2D eigenvalue weighted by molar-refractivity contribution is 5.80. The van der Waals surface area contributed by atoms with Crippen molar-refractivity contribution in [1.29, 1.82) is 0 Å². The van der Waals surface area contributed by atoms with Crippen molar-refractivity contribution >= 4 is 5.91 Å². The average Bonchev–Trinajstić information content (AvgIpc) is 2.75. The molecule has 0 bridgehead atoms. The van der Waals surface area contributed by atoms with Gasteiger partial charge in [0.05, 0.1) is 12.5 Å². The lowest BCUT2D eigenvalue weighted by atomic mass is 9.96. The number of carbonyl (C=O) groups excluding carboxylic acids is 1. The van der Waals surface area contributed by atoms with E-state index in [2.05, 4.69) is 0 Å². The second-order valence-electron chi connectivity index (χ2n) is 5.45. The van der Waals surface area contributed by atoms with E-state index in [0.717, 1.165) is 45.4 Å². The average molecular weight is 240 g/mol. The number of piperidine rings is 1. The number of hydrogen-bond acceptors (Lipinski definition) is 3. The van der Waals surface area contributed by atoms with Crippen LogP contribution in [0.15, 0.2) is 0 Å². The van der Waals surface area contributed by atoms with Crippen molar-refractivity contribution in [3.05, 3.63) is 0 Å². The molecule has 0 aromatic rings. The van der Waals surface area contributed by atoms with Crippen LogP contribution in [0.4, 0.5) is 0 Å². The fourth-order valence-corrected chi connectivity index (χ4v) is 3.17. The first kappa shape index (κ1) is 12.8. The number of ether oxygens (including phenoxy) is 1. The van der Waals surface area contributed by atoms with Gasteiger partial charge in [-0.1, -0.05) is 6.42 Å². The van der Waals surface area contributed by atoms with Gasteiger partial charge in [0, 0.05) is 26.2 Å². The molecule has 2 rings (SSSR count). The van der Waals surface area contributed by atoms with Crippen molar-refractivity contribution in [2.24, 2.45) is 17.6 Å². The normalized spacial score (nSPS) is 34.0. The molecule has 1 aliphatic carbocycles. The molecule has 2 aliphatic rings. The van der Waals surface area contributed by atoms with Crippen LogP contribution in [0.5, 0.6) is 0 Å². The lowest BCUT2D eigenvalue weighted by molar-refractivity contribution is -0.138. The van der Waals surface area contributed by atoms with Gasteiger partial charge < -0.3 is 15.4 Å². The fraction of sp³-hybridized carbons (Fsp3) is 0.923. The summed E-state index contributed by atoms with van der Waals surface area (Å²) in [6.45, 7) is 2.53. The minimum atomic E-state index is 0.0799. The number of hydrogen-bond donors (Lipinski definition) is 1. The number of amides is 1. The zero-order valence-electron chi connectivity index (χ0n) is 10.7. The zero-order valence-corrected chi connectivity index (χ0v) is 10.7. The molecule has 1 saturated heterocycles. The maximum absolute atomic E-state index is 12.4. The summed E-state index contributed by atoms with van der Waals surface area (Å²) in [5.74, 6) is 0.877. The molecule has 2 N–H and O–H groups in total. The first-order chi connectivity index (χ1) is 8.22. The molecular weight excluding hydrogens is 216 g/mol. The van der Waals surface area contributed by atoms with Gasteiger partial charge in [0.15, 0.2) is 0 Å². The van der Waals surface area contributed by atoms with Crippen LogP contribution in [0.1, 0.15) is 32.1 Å². The standard InChI is InChI=1S/C13H24N2O2/c1-17-9-10-4-3-7-15(8-10)13(16)11-5-2-6-12(11)14/h10-12H,2-9,14H2,1H3. The molecule has 1 heterocycles. The van der Waals surface area contributed by atoms with Gasteiger partial charge in [-0.2, -0.15) is 0 Å². The van der Waals surface area contributed by atoms with Crippen molar-refractivity contribution < 1.29 is 9.53 Å². The molecule has 17 heavy (non-hydrogen) atoms. The number of likely N-dealkylation sites (tertiary alicyclic amines) is 1. The molecule has 3 unspecified atom stereocenters. The lowest BCUT2D eigenvalue weighted by Crippen LogP contribution is -2.46. The number of nitrogens with two attached hydrogens (primary N) is 1. The predicted octanol–water partition coefficient (Wildman–Crippen LogP) is 0.999. The highest BCUT2D eigenvalue weighted by Gasteiger charge is 2.34. The van der Waals surface area contributed by atoms with Crippen LogP contribution in [0, 0.1) is 11.8 Å². The van der Waals surface area contributed by atoms with Gasteiger partial charge in [-0.05, 0) is 31.6 Å². The van der Waals surface area contributed by atoms with E-state index in [0.29, 0.717) is 5.92 Å². The smallest absolute Gasteiger partial charge is 0.227 e. The van der Waals surface area contributed by atoms with Crippen molar-refractivity contribution in [1.82, 2.24) is 4.90 Å². The Kier molecular flexibility index (Phi) is 4.40. The Morgan fingerprint density at radius 3 is 2.82 bits per heavy atom. The molecule has 4 heteroatoms. The van der Waals surface area contributed by atoms with Gasteiger partial charge in [-0.25, -0.2) is 0 Å². The highest BCUT2D eigenvalue weighted by atomic mass is 16.5. The predicted molar refractivity (Wildman–Crippen MR) is 66.5 cm³/mol. The molecule has 0 aromatic carbocycles. The molecule has 4 nitrogen and oxygen atoms in total. The van der Waals surface area contributed by atoms with Crippen molar-refractivity contribution in [2.45, 2.75) is 38.1 Å². The first-order valence-electron chi connectivity index (χ1n) is 6.75. The first-order valence-corrected chi connectivity index (χ1v) is 6.75. The summed E-state index contributed by atoms with van der Waals surface area (Å²) in [5, 5.41) is 0. The molecule has 1 amide bonds. The SMILES string of the molecule is COCC1CCCN(C(=O)C2CCCC2N)C1. The van der Waals surface area contributed by atoms with Gasteiger partial charge in [-0.3, -0.25) is 4.79 Å². The summed E-state index contributed by atoms with van der Waals surface area (Å²) >= 11 is 0. The summed E-state index contributed by atoms with van der Waals surface area (Å²) < 4.78 is 5.19. The van der Waals surface area contributed by atoms with Gasteiger partial charge in [0.2, 0.25) is 5.91 Å². The number of rotatable bonds is 3. The topological polar surface area (TPSA) is 55.6 Å². The summed E-state index contributed by atoms with van der Waals surface area (Å²) in [6, 6.07) is 0.0882. The monoisotopic (exact) mass is 240 g/mol. The van der Waals surface area contributed by atoms with Crippen LogP contribution in [0.2, 0.25) is 0 Å². The Hall–Kier alpha value is -0.610. The molecule has 1 saturated carbocycles. The Morgan fingerprint density at radius 2 is 2.18 bits per heavy atom. The quantitative estimate of drug-likeness (QED) is 0.800.